The summed E-state index contributed by atoms with van der Waals surface area (Å²) in [6.45, 7) is 2.09. The summed E-state index contributed by atoms with van der Waals surface area (Å²) in [6.07, 6.45) is -3.17. The molecule has 13 nitrogen and oxygen atoms in total. The van der Waals surface area contributed by atoms with Crippen LogP contribution in [0.25, 0.3) is 0 Å². The van der Waals surface area contributed by atoms with Gasteiger partial charge < -0.3 is 36.1 Å². The van der Waals surface area contributed by atoms with E-state index in [1.807, 2.05) is 12.1 Å². The molecule has 0 atom stereocenters. The first-order valence-electron chi connectivity index (χ1n) is 16.1. The first kappa shape index (κ1) is 38.5. The van der Waals surface area contributed by atoms with Crippen LogP contribution in [0, 0.1) is 11.2 Å². The van der Waals surface area contributed by atoms with E-state index >= 15 is 0 Å². The van der Waals surface area contributed by atoms with Crippen LogP contribution in [-0.4, -0.2) is 65.7 Å². The molecule has 0 bridgehead atoms. The zero-order chi connectivity index (χ0) is 38.4. The van der Waals surface area contributed by atoms with Crippen molar-refractivity contribution in [2.45, 2.75) is 38.4 Å². The highest BCUT2D eigenvalue weighted by Crippen LogP contribution is 2.48. The number of methoxy groups -OCH3 is 1. The van der Waals surface area contributed by atoms with E-state index in [-0.39, 0.29) is 42.0 Å². The van der Waals surface area contributed by atoms with Gasteiger partial charge in [-0.3, -0.25) is 14.4 Å². The molecule has 4 aromatic rings. The standard InChI is InChI=1S/C35H35ClF4N8O5/c1-33(2,18-42-28(50)29(51)44-25-13-10-23(37)16-26(25)52-3)17-41-27(49)20-4-11-24(12-5-20)43-30-45-31(47-32(46-30)53-19-35(38,39)40)48-34(14-15-34)21-6-8-22(36)9-7-21/h4-13,16H,14-15,17-19H2,1-3H3,(H,41,49)(H,42,50)(H,44,51)(H2,43,45,46,47,48). The molecule has 1 aliphatic carbocycles. The van der Waals surface area contributed by atoms with Gasteiger partial charge in [0.15, 0.2) is 6.61 Å². The lowest BCUT2D eigenvalue weighted by Gasteiger charge is -2.25. The molecule has 0 spiro atoms. The lowest BCUT2D eigenvalue weighted by atomic mass is 9.93. The highest BCUT2D eigenvalue weighted by Gasteiger charge is 2.45. The molecule has 5 rings (SSSR count). The van der Waals surface area contributed by atoms with E-state index in [1.165, 1.54) is 25.3 Å². The normalized spacial score (nSPS) is 13.4. The molecule has 0 radical (unpaired) electrons. The Bertz CT molecular complexity index is 1960. The number of ether oxygens (including phenoxy) is 2. The van der Waals surface area contributed by atoms with Gasteiger partial charge in [0.1, 0.15) is 11.6 Å². The Morgan fingerprint density at radius 3 is 2.17 bits per heavy atom. The van der Waals surface area contributed by atoms with E-state index in [0.29, 0.717) is 10.7 Å². The second-order valence-electron chi connectivity index (χ2n) is 12.9. The fraction of sp³-hybridized carbons (Fsp3) is 0.314. The number of aromatic nitrogens is 3. The topological polar surface area (TPSA) is 168 Å². The average molecular weight is 759 g/mol. The fourth-order valence-electron chi connectivity index (χ4n) is 4.94. The number of rotatable bonds is 14. The van der Waals surface area contributed by atoms with Crippen molar-refractivity contribution in [1.82, 2.24) is 25.6 Å². The van der Waals surface area contributed by atoms with Gasteiger partial charge in [-0.15, -0.1) is 0 Å². The highest BCUT2D eigenvalue weighted by molar-refractivity contribution is 6.39. The van der Waals surface area contributed by atoms with Gasteiger partial charge in [0.05, 0.1) is 18.3 Å². The Kier molecular flexibility index (Phi) is 11.6. The molecule has 18 heteroatoms. The summed E-state index contributed by atoms with van der Waals surface area (Å²) >= 11 is 6.03. The Morgan fingerprint density at radius 1 is 0.868 bits per heavy atom. The summed E-state index contributed by atoms with van der Waals surface area (Å²) in [7, 11) is 1.30. The van der Waals surface area contributed by atoms with Crippen molar-refractivity contribution in [3.8, 4) is 11.8 Å². The number of hydrogen-bond acceptors (Lipinski definition) is 10. The van der Waals surface area contributed by atoms with Crippen LogP contribution in [0.5, 0.6) is 11.8 Å². The molecule has 0 saturated heterocycles. The Morgan fingerprint density at radius 2 is 1.53 bits per heavy atom. The lowest BCUT2D eigenvalue weighted by Crippen LogP contribution is -2.45. The number of nitrogens with zero attached hydrogens (tertiary/aromatic N) is 3. The van der Waals surface area contributed by atoms with E-state index in [1.54, 1.807) is 38.1 Å². The molecule has 3 amide bonds. The van der Waals surface area contributed by atoms with Crippen molar-refractivity contribution >= 4 is 52.6 Å². The summed E-state index contributed by atoms with van der Waals surface area (Å²) in [4.78, 5) is 50.1. The van der Waals surface area contributed by atoms with Gasteiger partial charge in [0.2, 0.25) is 11.9 Å². The van der Waals surface area contributed by atoms with E-state index in [0.717, 1.165) is 30.5 Å². The maximum Gasteiger partial charge on any atom is 0.422 e. The van der Waals surface area contributed by atoms with Gasteiger partial charge in [-0.2, -0.15) is 28.1 Å². The van der Waals surface area contributed by atoms with Crippen LogP contribution in [0.2, 0.25) is 5.02 Å². The van der Waals surface area contributed by atoms with Gasteiger partial charge in [-0.05, 0) is 72.4 Å². The maximum atomic E-state index is 13.4. The van der Waals surface area contributed by atoms with Gasteiger partial charge in [-0.25, -0.2) is 4.39 Å². The first-order valence-corrected chi connectivity index (χ1v) is 16.5. The van der Waals surface area contributed by atoms with Crippen LogP contribution in [0.15, 0.2) is 66.7 Å². The molecule has 53 heavy (non-hydrogen) atoms. The molecule has 0 aliphatic heterocycles. The van der Waals surface area contributed by atoms with Crippen LogP contribution in [0.1, 0.15) is 42.6 Å². The minimum atomic E-state index is -4.62. The van der Waals surface area contributed by atoms with Crippen molar-refractivity contribution in [3.63, 3.8) is 0 Å². The maximum absolute atomic E-state index is 13.4. The van der Waals surface area contributed by atoms with Crippen LogP contribution in [0.4, 0.5) is 40.8 Å². The number of benzene rings is 3. The van der Waals surface area contributed by atoms with Crippen molar-refractivity contribution in [2.24, 2.45) is 5.41 Å². The van der Waals surface area contributed by atoms with Crippen molar-refractivity contribution in [2.75, 3.05) is 42.8 Å². The van der Waals surface area contributed by atoms with Crippen LogP contribution in [0.3, 0.4) is 0 Å². The minimum absolute atomic E-state index is 0.00401. The second kappa shape index (κ2) is 15.9. The Balaban J connectivity index is 1.17. The van der Waals surface area contributed by atoms with E-state index in [9.17, 15) is 31.9 Å². The number of carbonyl (C=O) groups is 3. The van der Waals surface area contributed by atoms with Gasteiger partial charge >= 0.3 is 24.0 Å². The zero-order valence-corrected chi connectivity index (χ0v) is 29.4. The van der Waals surface area contributed by atoms with Crippen molar-refractivity contribution in [1.29, 1.82) is 0 Å². The molecular weight excluding hydrogens is 724 g/mol. The van der Waals surface area contributed by atoms with E-state index < -0.39 is 53.3 Å². The highest BCUT2D eigenvalue weighted by atomic mass is 35.5. The van der Waals surface area contributed by atoms with Gasteiger partial charge in [0.25, 0.3) is 5.91 Å². The molecule has 1 heterocycles. The molecular formula is C35H35ClF4N8O5. The summed E-state index contributed by atoms with van der Waals surface area (Å²) in [5, 5.41) is 14.3. The Hall–Kier alpha value is -5.71. The summed E-state index contributed by atoms with van der Waals surface area (Å²) in [5.41, 5.74) is 0.516. The third kappa shape index (κ3) is 10.9. The van der Waals surface area contributed by atoms with Gasteiger partial charge in [0, 0.05) is 35.4 Å². The number of anilines is 4. The van der Waals surface area contributed by atoms with E-state index in [2.05, 4.69) is 41.5 Å². The number of alkyl halides is 3. The molecule has 3 aromatic carbocycles. The zero-order valence-electron chi connectivity index (χ0n) is 28.7. The number of nitrogens with one attached hydrogen (secondary N) is 5. The Labute approximate surface area is 306 Å². The minimum Gasteiger partial charge on any atom is -0.494 e. The quantitative estimate of drug-likeness (QED) is 0.0764. The summed E-state index contributed by atoms with van der Waals surface area (Å²) in [5.74, 6) is -2.98. The number of hydrogen-bond donors (Lipinski definition) is 5. The largest absolute Gasteiger partial charge is 0.494 e. The summed E-state index contributed by atoms with van der Waals surface area (Å²) in [6, 6.07) is 16.2. The van der Waals surface area contributed by atoms with Crippen LogP contribution >= 0.6 is 11.6 Å². The number of halogens is 5. The lowest BCUT2D eigenvalue weighted by molar-refractivity contribution is -0.154. The molecule has 0 unspecified atom stereocenters. The van der Waals surface area contributed by atoms with Gasteiger partial charge in [-0.1, -0.05) is 37.6 Å². The smallest absolute Gasteiger partial charge is 0.422 e. The molecule has 1 fully saturated rings. The number of amides is 3. The predicted octanol–water partition coefficient (Wildman–Crippen LogP) is 5.97. The summed E-state index contributed by atoms with van der Waals surface area (Å²) < 4.78 is 62.1. The third-order valence-corrected chi connectivity index (χ3v) is 8.21. The molecule has 1 aromatic heterocycles. The monoisotopic (exact) mass is 758 g/mol. The first-order chi connectivity index (χ1) is 25.0. The third-order valence-electron chi connectivity index (χ3n) is 7.95. The van der Waals surface area contributed by atoms with Crippen LogP contribution in [-0.2, 0) is 15.1 Å². The van der Waals surface area contributed by atoms with Crippen LogP contribution < -0.4 is 36.1 Å². The molecule has 1 aliphatic rings. The van der Waals surface area contributed by atoms with Crippen molar-refractivity contribution < 1.29 is 41.4 Å². The second-order valence-corrected chi connectivity index (χ2v) is 13.4. The fourth-order valence-corrected chi connectivity index (χ4v) is 5.06. The number of carbonyl (C=O) groups excluding carboxylic acids is 3. The molecule has 280 valence electrons. The van der Waals surface area contributed by atoms with E-state index in [4.69, 9.17) is 21.1 Å². The average Bonchev–Trinajstić information content (AvgIpc) is 3.89. The SMILES string of the molecule is COc1cc(F)ccc1NC(=O)C(=O)NCC(C)(C)CNC(=O)c1ccc(Nc2nc(NC3(c4ccc(Cl)cc4)CC3)nc(OCC(F)(F)F)n2)cc1. The predicted molar refractivity (Wildman–Crippen MR) is 188 cm³/mol. The van der Waals surface area contributed by atoms with Crippen molar-refractivity contribution in [3.05, 3.63) is 88.7 Å². The molecule has 5 N–H and O–H groups in total. The molecule has 1 saturated carbocycles.